The number of nitrogens with one attached hydrogen (secondary N) is 2. The summed E-state index contributed by atoms with van der Waals surface area (Å²) in [7, 11) is 0. The van der Waals surface area contributed by atoms with Crippen molar-refractivity contribution in [1.29, 1.82) is 0 Å². The number of ether oxygens (including phenoxy) is 1. The van der Waals surface area contributed by atoms with Crippen molar-refractivity contribution in [2.24, 2.45) is 4.99 Å². The molecular weight excluding hydrogens is 377 g/mol. The van der Waals surface area contributed by atoms with Gasteiger partial charge in [0.1, 0.15) is 10.8 Å². The third kappa shape index (κ3) is 7.09. The van der Waals surface area contributed by atoms with E-state index in [1.165, 1.54) is 0 Å². The van der Waals surface area contributed by atoms with E-state index in [2.05, 4.69) is 20.6 Å². The first-order chi connectivity index (χ1) is 12.8. The second-order valence-electron chi connectivity index (χ2n) is 5.99. The molecule has 0 spiro atoms. The van der Waals surface area contributed by atoms with Crippen molar-refractivity contribution in [3.05, 3.63) is 45.9 Å². The molecule has 0 saturated heterocycles. The third-order valence-electron chi connectivity index (χ3n) is 3.28. The minimum Gasteiger partial charge on any atom is -0.491 e. The third-order valence-corrected chi connectivity index (χ3v) is 4.13. The van der Waals surface area contributed by atoms with E-state index in [4.69, 9.17) is 4.74 Å². The van der Waals surface area contributed by atoms with Gasteiger partial charge in [-0.25, -0.2) is 9.98 Å². The maximum absolute atomic E-state index is 12.6. The molecule has 9 heteroatoms. The normalized spacial score (nSPS) is 12.3. The van der Waals surface area contributed by atoms with Crippen molar-refractivity contribution in [3.63, 3.8) is 0 Å². The van der Waals surface area contributed by atoms with Gasteiger partial charge in [-0.2, -0.15) is 13.2 Å². The van der Waals surface area contributed by atoms with Gasteiger partial charge in [-0.3, -0.25) is 0 Å². The summed E-state index contributed by atoms with van der Waals surface area (Å²) in [4.78, 5) is 8.07. The van der Waals surface area contributed by atoms with Crippen molar-refractivity contribution in [3.8, 4) is 5.75 Å². The second kappa shape index (κ2) is 9.59. The number of hydrogen-bond acceptors (Lipinski definition) is 4. The maximum Gasteiger partial charge on any atom is 0.434 e. The van der Waals surface area contributed by atoms with E-state index in [0.29, 0.717) is 24.1 Å². The molecule has 0 aliphatic rings. The van der Waals surface area contributed by atoms with Gasteiger partial charge in [0.15, 0.2) is 11.7 Å². The summed E-state index contributed by atoms with van der Waals surface area (Å²) in [5.41, 5.74) is 0.104. The highest BCUT2D eigenvalue weighted by molar-refractivity contribution is 7.09. The lowest BCUT2D eigenvalue weighted by atomic mass is 10.2. The van der Waals surface area contributed by atoms with Gasteiger partial charge in [0.05, 0.1) is 19.2 Å². The van der Waals surface area contributed by atoms with E-state index >= 15 is 0 Å². The summed E-state index contributed by atoms with van der Waals surface area (Å²) in [6.07, 6.45) is -4.33. The lowest BCUT2D eigenvalue weighted by Gasteiger charge is -2.12. The van der Waals surface area contributed by atoms with Crippen molar-refractivity contribution >= 4 is 17.3 Å². The van der Waals surface area contributed by atoms with Gasteiger partial charge in [0.2, 0.25) is 0 Å². The van der Waals surface area contributed by atoms with E-state index in [0.717, 1.165) is 28.0 Å². The van der Waals surface area contributed by atoms with Crippen LogP contribution in [-0.4, -0.2) is 23.6 Å². The molecule has 1 heterocycles. The lowest BCUT2D eigenvalue weighted by Crippen LogP contribution is -2.36. The van der Waals surface area contributed by atoms with Gasteiger partial charge < -0.3 is 15.4 Å². The number of aromatic nitrogens is 1. The fourth-order valence-corrected chi connectivity index (χ4v) is 2.92. The number of rotatable bonds is 7. The topological polar surface area (TPSA) is 58.5 Å². The Bertz CT molecular complexity index is 759. The van der Waals surface area contributed by atoms with Crippen LogP contribution < -0.4 is 15.4 Å². The zero-order valence-corrected chi connectivity index (χ0v) is 16.2. The number of nitrogens with zero attached hydrogens (tertiary/aromatic N) is 2. The molecule has 148 valence electrons. The van der Waals surface area contributed by atoms with Gasteiger partial charge in [0, 0.05) is 11.9 Å². The standard InChI is InChI=1S/C18H23F3N4OS/c1-4-22-17(24-10-16-25-15(11-27-16)18(19,20)21)23-9-13-6-5-7-14(8-13)26-12(2)3/h5-8,11-12H,4,9-10H2,1-3H3,(H2,22,23,24). The monoisotopic (exact) mass is 400 g/mol. The number of thiazole rings is 1. The number of guanidine groups is 1. The highest BCUT2D eigenvalue weighted by Gasteiger charge is 2.33. The maximum atomic E-state index is 12.6. The van der Waals surface area contributed by atoms with Gasteiger partial charge in [-0.05, 0) is 38.5 Å². The van der Waals surface area contributed by atoms with Crippen LogP contribution in [0.25, 0.3) is 0 Å². The molecule has 27 heavy (non-hydrogen) atoms. The first-order valence-corrected chi connectivity index (χ1v) is 9.45. The molecule has 1 aromatic heterocycles. The van der Waals surface area contributed by atoms with Crippen molar-refractivity contribution in [2.45, 2.75) is 46.1 Å². The van der Waals surface area contributed by atoms with Crippen LogP contribution in [0.3, 0.4) is 0 Å². The molecule has 5 nitrogen and oxygen atoms in total. The van der Waals surface area contributed by atoms with Crippen LogP contribution in [0.1, 0.15) is 37.0 Å². The Morgan fingerprint density at radius 1 is 1.30 bits per heavy atom. The predicted octanol–water partition coefficient (Wildman–Crippen LogP) is 4.20. The zero-order valence-electron chi connectivity index (χ0n) is 15.4. The van der Waals surface area contributed by atoms with Crippen molar-refractivity contribution < 1.29 is 17.9 Å². The van der Waals surface area contributed by atoms with E-state index in [1.807, 2.05) is 45.0 Å². The SMILES string of the molecule is CCNC(=NCc1cccc(OC(C)C)c1)NCc1nc(C(F)(F)F)cs1. The highest BCUT2D eigenvalue weighted by Crippen LogP contribution is 2.29. The summed E-state index contributed by atoms with van der Waals surface area (Å²) >= 11 is 0.966. The van der Waals surface area contributed by atoms with Gasteiger partial charge >= 0.3 is 6.18 Å². The Morgan fingerprint density at radius 2 is 2.07 bits per heavy atom. The van der Waals surface area contributed by atoms with Crippen molar-refractivity contribution in [2.75, 3.05) is 6.54 Å². The molecule has 0 radical (unpaired) electrons. The molecule has 0 bridgehead atoms. The van der Waals surface area contributed by atoms with E-state index in [1.54, 1.807) is 0 Å². The van der Waals surface area contributed by atoms with E-state index < -0.39 is 11.9 Å². The molecule has 0 saturated carbocycles. The quantitative estimate of drug-likeness (QED) is 0.540. The number of aliphatic imine (C=N–C) groups is 1. The van der Waals surface area contributed by atoms with Gasteiger partial charge in [0.25, 0.3) is 0 Å². The zero-order chi connectivity index (χ0) is 19.9. The molecule has 0 unspecified atom stereocenters. The lowest BCUT2D eigenvalue weighted by molar-refractivity contribution is -0.140. The summed E-state index contributed by atoms with van der Waals surface area (Å²) in [5, 5.41) is 7.44. The molecule has 0 atom stereocenters. The Morgan fingerprint density at radius 3 is 2.70 bits per heavy atom. The molecular formula is C18H23F3N4OS. The fraction of sp³-hybridized carbons (Fsp3) is 0.444. The summed E-state index contributed by atoms with van der Waals surface area (Å²) in [6, 6.07) is 7.65. The average molecular weight is 400 g/mol. The van der Waals surface area contributed by atoms with Crippen LogP contribution in [0.15, 0.2) is 34.6 Å². The second-order valence-corrected chi connectivity index (χ2v) is 6.93. The van der Waals surface area contributed by atoms with E-state index in [-0.39, 0.29) is 12.6 Å². The molecule has 2 N–H and O–H groups in total. The Hall–Kier alpha value is -2.29. The predicted molar refractivity (Wildman–Crippen MR) is 101 cm³/mol. The largest absolute Gasteiger partial charge is 0.491 e. The number of alkyl halides is 3. The average Bonchev–Trinajstić information content (AvgIpc) is 3.06. The first kappa shape index (κ1) is 21.0. The van der Waals surface area contributed by atoms with Crippen LogP contribution in [-0.2, 0) is 19.3 Å². The number of halogens is 3. The van der Waals surface area contributed by atoms with Gasteiger partial charge in [-0.15, -0.1) is 11.3 Å². The minimum atomic E-state index is -4.42. The Kier molecular flexibility index (Phi) is 7.46. The fourth-order valence-electron chi connectivity index (χ4n) is 2.18. The molecule has 0 fully saturated rings. The molecule has 0 aliphatic heterocycles. The van der Waals surface area contributed by atoms with Gasteiger partial charge in [-0.1, -0.05) is 12.1 Å². The molecule has 2 aromatic rings. The van der Waals surface area contributed by atoms with Crippen LogP contribution in [0.2, 0.25) is 0 Å². The highest BCUT2D eigenvalue weighted by atomic mass is 32.1. The summed E-state index contributed by atoms with van der Waals surface area (Å²) in [6.45, 7) is 7.05. The summed E-state index contributed by atoms with van der Waals surface area (Å²) in [5.74, 6) is 1.29. The van der Waals surface area contributed by atoms with Crippen LogP contribution >= 0.6 is 11.3 Å². The Balaban J connectivity index is 1.99. The van der Waals surface area contributed by atoms with Crippen LogP contribution in [0.5, 0.6) is 5.75 Å². The van der Waals surface area contributed by atoms with Crippen LogP contribution in [0.4, 0.5) is 13.2 Å². The molecule has 0 aliphatic carbocycles. The smallest absolute Gasteiger partial charge is 0.434 e. The minimum absolute atomic E-state index is 0.0858. The molecule has 0 amide bonds. The van der Waals surface area contributed by atoms with E-state index in [9.17, 15) is 13.2 Å². The van der Waals surface area contributed by atoms with Crippen LogP contribution in [0, 0.1) is 0 Å². The number of hydrogen-bond donors (Lipinski definition) is 2. The molecule has 2 rings (SSSR count). The molecule has 1 aromatic carbocycles. The van der Waals surface area contributed by atoms with Crippen molar-refractivity contribution in [1.82, 2.24) is 15.6 Å². The summed E-state index contributed by atoms with van der Waals surface area (Å²) < 4.78 is 43.5. The first-order valence-electron chi connectivity index (χ1n) is 8.57. The Labute approximate surface area is 160 Å². The number of benzene rings is 1.